The first kappa shape index (κ1) is 13.9. The van der Waals surface area contributed by atoms with E-state index in [1.54, 1.807) is 0 Å². The lowest BCUT2D eigenvalue weighted by atomic mass is 10.1. The van der Waals surface area contributed by atoms with E-state index in [1.165, 1.54) is 19.3 Å². The van der Waals surface area contributed by atoms with Gasteiger partial charge in [0.05, 0.1) is 12.7 Å². The molecule has 3 heteroatoms. The van der Waals surface area contributed by atoms with Crippen molar-refractivity contribution in [2.75, 3.05) is 32.8 Å². The van der Waals surface area contributed by atoms with Gasteiger partial charge in [0.15, 0.2) is 0 Å². The molecule has 1 saturated heterocycles. The van der Waals surface area contributed by atoms with Crippen LogP contribution in [0.15, 0.2) is 0 Å². The number of hydrogen-bond acceptors (Lipinski definition) is 3. The SMILES string of the molecule is CCCC(CC)NCC1CN(CC)CCO1. The Bertz CT molecular complexity index is 175. The van der Waals surface area contributed by atoms with Gasteiger partial charge < -0.3 is 10.1 Å². The minimum atomic E-state index is 0.389. The Morgan fingerprint density at radius 3 is 2.81 bits per heavy atom. The van der Waals surface area contributed by atoms with E-state index >= 15 is 0 Å². The van der Waals surface area contributed by atoms with Crippen LogP contribution in [-0.4, -0.2) is 49.8 Å². The summed E-state index contributed by atoms with van der Waals surface area (Å²) in [7, 11) is 0. The van der Waals surface area contributed by atoms with Crippen LogP contribution >= 0.6 is 0 Å². The molecular weight excluding hydrogens is 200 g/mol. The molecular formula is C13H28N2O. The van der Waals surface area contributed by atoms with Crippen LogP contribution in [0.5, 0.6) is 0 Å². The first-order valence-electron chi connectivity index (χ1n) is 6.87. The summed E-state index contributed by atoms with van der Waals surface area (Å²) in [6.45, 7) is 12.0. The highest BCUT2D eigenvalue weighted by Crippen LogP contribution is 2.06. The summed E-state index contributed by atoms with van der Waals surface area (Å²) in [6, 6.07) is 0.672. The lowest BCUT2D eigenvalue weighted by Crippen LogP contribution is -2.48. The van der Waals surface area contributed by atoms with Crippen LogP contribution < -0.4 is 5.32 Å². The molecule has 16 heavy (non-hydrogen) atoms. The summed E-state index contributed by atoms with van der Waals surface area (Å²) in [6.07, 6.45) is 4.15. The van der Waals surface area contributed by atoms with Gasteiger partial charge in [-0.05, 0) is 19.4 Å². The summed E-state index contributed by atoms with van der Waals surface area (Å²) in [5.74, 6) is 0. The fourth-order valence-electron chi connectivity index (χ4n) is 2.29. The van der Waals surface area contributed by atoms with Crippen LogP contribution in [0.3, 0.4) is 0 Å². The number of hydrogen-bond donors (Lipinski definition) is 1. The van der Waals surface area contributed by atoms with Gasteiger partial charge >= 0.3 is 0 Å². The van der Waals surface area contributed by atoms with Crippen molar-refractivity contribution in [1.29, 1.82) is 0 Å². The second-order valence-corrected chi connectivity index (χ2v) is 4.69. The minimum absolute atomic E-state index is 0.389. The fraction of sp³-hybridized carbons (Fsp3) is 1.00. The summed E-state index contributed by atoms with van der Waals surface area (Å²) in [5.41, 5.74) is 0. The third kappa shape index (κ3) is 4.81. The average Bonchev–Trinajstić information content (AvgIpc) is 2.34. The van der Waals surface area contributed by atoms with E-state index in [0.717, 1.165) is 32.8 Å². The van der Waals surface area contributed by atoms with Crippen molar-refractivity contribution in [3.8, 4) is 0 Å². The number of likely N-dealkylation sites (N-methyl/N-ethyl adjacent to an activating group) is 1. The van der Waals surface area contributed by atoms with E-state index in [4.69, 9.17) is 4.74 Å². The molecule has 0 aromatic heterocycles. The monoisotopic (exact) mass is 228 g/mol. The van der Waals surface area contributed by atoms with Crippen LogP contribution in [-0.2, 0) is 4.74 Å². The molecule has 0 spiro atoms. The highest BCUT2D eigenvalue weighted by atomic mass is 16.5. The van der Waals surface area contributed by atoms with E-state index in [1.807, 2.05) is 0 Å². The number of morpholine rings is 1. The van der Waals surface area contributed by atoms with E-state index in [9.17, 15) is 0 Å². The first-order chi connectivity index (χ1) is 7.80. The fourth-order valence-corrected chi connectivity index (χ4v) is 2.29. The molecule has 2 unspecified atom stereocenters. The molecule has 1 aliphatic rings. The van der Waals surface area contributed by atoms with Gasteiger partial charge in [-0.25, -0.2) is 0 Å². The Kier molecular flexibility index (Phi) is 7.01. The Morgan fingerprint density at radius 1 is 1.38 bits per heavy atom. The predicted octanol–water partition coefficient (Wildman–Crippen LogP) is 1.88. The second kappa shape index (κ2) is 8.04. The van der Waals surface area contributed by atoms with Crippen molar-refractivity contribution < 1.29 is 4.74 Å². The molecule has 0 aliphatic carbocycles. The highest BCUT2D eigenvalue weighted by molar-refractivity contribution is 4.75. The van der Waals surface area contributed by atoms with E-state index in [-0.39, 0.29) is 0 Å². The normalized spacial score (nSPS) is 24.6. The molecule has 0 bridgehead atoms. The molecule has 0 aromatic rings. The maximum absolute atomic E-state index is 5.78. The van der Waals surface area contributed by atoms with Crippen LogP contribution in [0, 0.1) is 0 Å². The Hall–Kier alpha value is -0.120. The molecule has 2 atom stereocenters. The number of nitrogens with zero attached hydrogens (tertiary/aromatic N) is 1. The van der Waals surface area contributed by atoms with Crippen molar-refractivity contribution in [3.05, 3.63) is 0 Å². The zero-order chi connectivity index (χ0) is 11.8. The van der Waals surface area contributed by atoms with Crippen molar-refractivity contribution >= 4 is 0 Å². The summed E-state index contributed by atoms with van der Waals surface area (Å²) < 4.78 is 5.78. The second-order valence-electron chi connectivity index (χ2n) is 4.69. The van der Waals surface area contributed by atoms with Crippen molar-refractivity contribution in [2.45, 2.75) is 52.2 Å². The van der Waals surface area contributed by atoms with Gasteiger partial charge in [-0.3, -0.25) is 4.90 Å². The maximum Gasteiger partial charge on any atom is 0.0826 e. The van der Waals surface area contributed by atoms with Gasteiger partial charge in [0.1, 0.15) is 0 Å². The molecule has 0 aromatic carbocycles. The molecule has 1 fully saturated rings. The lowest BCUT2D eigenvalue weighted by molar-refractivity contribution is -0.0265. The Labute approximate surface area is 101 Å². The third-order valence-electron chi connectivity index (χ3n) is 3.43. The van der Waals surface area contributed by atoms with E-state index < -0.39 is 0 Å². The minimum Gasteiger partial charge on any atom is -0.374 e. The standard InChI is InChI=1S/C13H28N2O/c1-4-7-12(5-2)14-10-13-11-15(6-3)8-9-16-13/h12-14H,4-11H2,1-3H3. The number of ether oxygens (including phenoxy) is 1. The molecule has 1 aliphatic heterocycles. The average molecular weight is 228 g/mol. The van der Waals surface area contributed by atoms with Gasteiger partial charge in [-0.15, -0.1) is 0 Å². The molecule has 1 rings (SSSR count). The predicted molar refractivity (Wildman–Crippen MR) is 68.8 cm³/mol. The summed E-state index contributed by atoms with van der Waals surface area (Å²) >= 11 is 0. The van der Waals surface area contributed by atoms with Crippen molar-refractivity contribution in [2.24, 2.45) is 0 Å². The van der Waals surface area contributed by atoms with E-state index in [2.05, 4.69) is 31.0 Å². The largest absolute Gasteiger partial charge is 0.374 e. The van der Waals surface area contributed by atoms with Gasteiger partial charge in [-0.2, -0.15) is 0 Å². The van der Waals surface area contributed by atoms with Crippen LogP contribution in [0.2, 0.25) is 0 Å². The Balaban J connectivity index is 2.20. The number of nitrogens with one attached hydrogen (secondary N) is 1. The molecule has 0 saturated carbocycles. The molecule has 3 nitrogen and oxygen atoms in total. The Morgan fingerprint density at radius 2 is 2.19 bits per heavy atom. The smallest absolute Gasteiger partial charge is 0.0826 e. The summed E-state index contributed by atoms with van der Waals surface area (Å²) in [4.78, 5) is 2.47. The number of rotatable bonds is 7. The molecule has 96 valence electrons. The zero-order valence-electron chi connectivity index (χ0n) is 11.2. The van der Waals surface area contributed by atoms with Gasteiger partial charge in [0.25, 0.3) is 0 Å². The maximum atomic E-state index is 5.78. The van der Waals surface area contributed by atoms with Crippen LogP contribution in [0.1, 0.15) is 40.0 Å². The molecule has 1 heterocycles. The molecule has 1 N–H and O–H groups in total. The van der Waals surface area contributed by atoms with Gasteiger partial charge in [0, 0.05) is 25.7 Å². The topological polar surface area (TPSA) is 24.5 Å². The third-order valence-corrected chi connectivity index (χ3v) is 3.43. The lowest BCUT2D eigenvalue weighted by Gasteiger charge is -2.33. The van der Waals surface area contributed by atoms with E-state index in [0.29, 0.717) is 12.1 Å². The zero-order valence-corrected chi connectivity index (χ0v) is 11.2. The van der Waals surface area contributed by atoms with Crippen LogP contribution in [0.4, 0.5) is 0 Å². The van der Waals surface area contributed by atoms with Crippen LogP contribution in [0.25, 0.3) is 0 Å². The first-order valence-corrected chi connectivity index (χ1v) is 6.87. The highest BCUT2D eigenvalue weighted by Gasteiger charge is 2.19. The van der Waals surface area contributed by atoms with Gasteiger partial charge in [0.2, 0.25) is 0 Å². The molecule has 0 amide bonds. The molecule has 0 radical (unpaired) electrons. The van der Waals surface area contributed by atoms with Gasteiger partial charge in [-0.1, -0.05) is 27.2 Å². The van der Waals surface area contributed by atoms with Crippen molar-refractivity contribution in [3.63, 3.8) is 0 Å². The summed E-state index contributed by atoms with van der Waals surface area (Å²) in [5, 5.41) is 3.63. The van der Waals surface area contributed by atoms with Crippen molar-refractivity contribution in [1.82, 2.24) is 10.2 Å². The quantitative estimate of drug-likeness (QED) is 0.720.